The van der Waals surface area contributed by atoms with E-state index in [9.17, 15) is 14.9 Å². The second kappa shape index (κ2) is 6.65. The van der Waals surface area contributed by atoms with Crippen molar-refractivity contribution in [2.24, 2.45) is 0 Å². The second-order valence-electron chi connectivity index (χ2n) is 4.47. The van der Waals surface area contributed by atoms with Crippen LogP contribution in [-0.2, 0) is 16.0 Å². The molecule has 0 fully saturated rings. The minimum Gasteiger partial charge on any atom is -0.461 e. The van der Waals surface area contributed by atoms with Crippen LogP contribution in [0.3, 0.4) is 0 Å². The Morgan fingerprint density at radius 3 is 3.05 bits per heavy atom. The van der Waals surface area contributed by atoms with Gasteiger partial charge in [-0.05, 0) is 12.5 Å². The number of fused-ring (bicyclic) bond motifs is 1. The van der Waals surface area contributed by atoms with E-state index in [1.165, 1.54) is 18.2 Å². The number of benzene rings is 1. The third-order valence-corrected chi connectivity index (χ3v) is 2.88. The van der Waals surface area contributed by atoms with E-state index in [0.29, 0.717) is 36.1 Å². The zero-order valence-corrected chi connectivity index (χ0v) is 11.4. The molecule has 0 saturated carbocycles. The highest BCUT2D eigenvalue weighted by Crippen LogP contribution is 2.19. The van der Waals surface area contributed by atoms with Crippen LogP contribution in [0.4, 0.5) is 5.69 Å². The summed E-state index contributed by atoms with van der Waals surface area (Å²) in [7, 11) is 0. The van der Waals surface area contributed by atoms with Gasteiger partial charge in [-0.1, -0.05) is 12.7 Å². The highest BCUT2D eigenvalue weighted by atomic mass is 16.6. The van der Waals surface area contributed by atoms with Crippen molar-refractivity contribution in [3.8, 4) is 0 Å². The summed E-state index contributed by atoms with van der Waals surface area (Å²) >= 11 is 0. The lowest BCUT2D eigenvalue weighted by atomic mass is 10.2. The Labute approximate surface area is 120 Å². The number of nitrogens with one attached hydrogen (secondary N) is 1. The van der Waals surface area contributed by atoms with Crippen molar-refractivity contribution < 1.29 is 14.5 Å². The number of hydrogen-bond donors (Lipinski definition) is 1. The summed E-state index contributed by atoms with van der Waals surface area (Å²) in [5.41, 5.74) is 1.31. The predicted molar refractivity (Wildman–Crippen MR) is 76.8 cm³/mol. The quantitative estimate of drug-likeness (QED) is 0.365. The molecular weight excluding hydrogens is 274 g/mol. The number of nitrogens with zero attached hydrogens (tertiary/aromatic N) is 2. The van der Waals surface area contributed by atoms with Crippen LogP contribution in [0.5, 0.6) is 0 Å². The Balaban J connectivity index is 1.95. The lowest BCUT2D eigenvalue weighted by Crippen LogP contribution is -2.04. The van der Waals surface area contributed by atoms with Crippen molar-refractivity contribution in [1.82, 2.24) is 9.97 Å². The number of H-pyrrole nitrogens is 1. The topological polar surface area (TPSA) is 98.1 Å². The number of aryl methyl sites for hydroxylation is 1. The molecule has 0 aliphatic heterocycles. The fourth-order valence-corrected chi connectivity index (χ4v) is 1.91. The van der Waals surface area contributed by atoms with E-state index < -0.39 is 4.92 Å². The normalized spacial score (nSPS) is 10.5. The first-order valence-corrected chi connectivity index (χ1v) is 6.49. The summed E-state index contributed by atoms with van der Waals surface area (Å²) in [6.45, 7) is 3.68. The molecule has 21 heavy (non-hydrogen) atoms. The van der Waals surface area contributed by atoms with E-state index >= 15 is 0 Å². The molecule has 0 aliphatic carbocycles. The van der Waals surface area contributed by atoms with Gasteiger partial charge in [0.15, 0.2) is 0 Å². The first-order valence-electron chi connectivity index (χ1n) is 6.49. The lowest BCUT2D eigenvalue weighted by Gasteiger charge is -2.00. The van der Waals surface area contributed by atoms with Crippen molar-refractivity contribution >= 4 is 22.7 Å². The van der Waals surface area contributed by atoms with Crippen LogP contribution < -0.4 is 0 Å². The van der Waals surface area contributed by atoms with Gasteiger partial charge in [-0.3, -0.25) is 14.9 Å². The second-order valence-corrected chi connectivity index (χ2v) is 4.47. The molecule has 1 aromatic heterocycles. The number of aromatic amines is 1. The number of hydrogen-bond acceptors (Lipinski definition) is 5. The number of carbonyl (C=O) groups excluding carboxylic acids is 1. The molecule has 1 aromatic carbocycles. The molecule has 7 nitrogen and oxygen atoms in total. The molecule has 0 saturated heterocycles. The molecule has 2 aromatic rings. The molecule has 0 radical (unpaired) electrons. The Morgan fingerprint density at radius 2 is 2.33 bits per heavy atom. The fraction of sp³-hybridized carbons (Fsp3) is 0.286. The molecular formula is C14H15N3O4. The van der Waals surface area contributed by atoms with E-state index in [1.807, 2.05) is 0 Å². The maximum Gasteiger partial charge on any atom is 0.306 e. The molecule has 1 N–H and O–H groups in total. The highest BCUT2D eigenvalue weighted by molar-refractivity contribution is 5.77. The summed E-state index contributed by atoms with van der Waals surface area (Å²) in [6, 6.07) is 4.47. The predicted octanol–water partition coefficient (Wildman–Crippen LogP) is 2.52. The Morgan fingerprint density at radius 1 is 1.52 bits per heavy atom. The summed E-state index contributed by atoms with van der Waals surface area (Å²) in [6.07, 6.45) is 2.98. The molecule has 0 amide bonds. The SMILES string of the molecule is C=CCOC(=O)CCCc1nc2ccc([N+](=O)[O-])cc2[nH]1. The number of nitro groups is 1. The number of imidazole rings is 1. The van der Waals surface area contributed by atoms with E-state index in [1.54, 1.807) is 6.07 Å². The highest BCUT2D eigenvalue weighted by Gasteiger charge is 2.10. The van der Waals surface area contributed by atoms with Gasteiger partial charge in [-0.15, -0.1) is 0 Å². The Bertz CT molecular complexity index is 678. The average Bonchev–Trinajstić information content (AvgIpc) is 2.86. The van der Waals surface area contributed by atoms with E-state index in [0.717, 1.165) is 0 Å². The van der Waals surface area contributed by atoms with E-state index in [4.69, 9.17) is 4.74 Å². The molecule has 1 heterocycles. The van der Waals surface area contributed by atoms with Gasteiger partial charge in [-0.25, -0.2) is 4.98 Å². The summed E-state index contributed by atoms with van der Waals surface area (Å²) in [5.74, 6) is 0.420. The number of rotatable bonds is 7. The van der Waals surface area contributed by atoms with Gasteiger partial charge in [0.25, 0.3) is 5.69 Å². The van der Waals surface area contributed by atoms with Crippen molar-refractivity contribution in [3.63, 3.8) is 0 Å². The maximum atomic E-state index is 11.3. The van der Waals surface area contributed by atoms with Gasteiger partial charge in [0.1, 0.15) is 12.4 Å². The number of carbonyl (C=O) groups is 1. The first-order chi connectivity index (χ1) is 10.1. The summed E-state index contributed by atoms with van der Waals surface area (Å²) in [5, 5.41) is 10.7. The minimum absolute atomic E-state index is 0.0192. The van der Waals surface area contributed by atoms with Gasteiger partial charge in [0, 0.05) is 25.0 Å². The third-order valence-electron chi connectivity index (χ3n) is 2.88. The summed E-state index contributed by atoms with van der Waals surface area (Å²) in [4.78, 5) is 28.9. The lowest BCUT2D eigenvalue weighted by molar-refractivity contribution is -0.384. The van der Waals surface area contributed by atoms with Crippen molar-refractivity contribution in [1.29, 1.82) is 0 Å². The Hall–Kier alpha value is -2.70. The molecule has 2 rings (SSSR count). The molecule has 0 bridgehead atoms. The fourth-order valence-electron chi connectivity index (χ4n) is 1.91. The molecule has 7 heteroatoms. The van der Waals surface area contributed by atoms with Crippen LogP contribution in [-0.4, -0.2) is 27.5 Å². The monoisotopic (exact) mass is 289 g/mol. The molecule has 0 unspecified atom stereocenters. The van der Waals surface area contributed by atoms with Gasteiger partial charge >= 0.3 is 5.97 Å². The van der Waals surface area contributed by atoms with Crippen LogP contribution in [0.1, 0.15) is 18.7 Å². The Kier molecular flexibility index (Phi) is 4.65. The van der Waals surface area contributed by atoms with Crippen LogP contribution >= 0.6 is 0 Å². The number of esters is 1. The zero-order valence-electron chi connectivity index (χ0n) is 11.4. The number of nitro benzene ring substituents is 1. The van der Waals surface area contributed by atoms with Crippen molar-refractivity contribution in [2.45, 2.75) is 19.3 Å². The maximum absolute atomic E-state index is 11.3. The average molecular weight is 289 g/mol. The van der Waals surface area contributed by atoms with Crippen LogP contribution in [0.25, 0.3) is 11.0 Å². The number of non-ortho nitro benzene ring substituents is 1. The van der Waals surface area contributed by atoms with E-state index in [-0.39, 0.29) is 18.3 Å². The third kappa shape index (κ3) is 3.88. The minimum atomic E-state index is -0.449. The molecule has 0 atom stereocenters. The first kappa shape index (κ1) is 14.7. The largest absolute Gasteiger partial charge is 0.461 e. The van der Waals surface area contributed by atoms with Crippen molar-refractivity contribution in [2.75, 3.05) is 6.61 Å². The van der Waals surface area contributed by atoms with Crippen LogP contribution in [0.15, 0.2) is 30.9 Å². The zero-order chi connectivity index (χ0) is 15.2. The van der Waals surface area contributed by atoms with Crippen LogP contribution in [0.2, 0.25) is 0 Å². The van der Waals surface area contributed by atoms with Gasteiger partial charge in [0.2, 0.25) is 0 Å². The van der Waals surface area contributed by atoms with Gasteiger partial charge in [-0.2, -0.15) is 0 Å². The molecule has 0 aliphatic rings. The van der Waals surface area contributed by atoms with Gasteiger partial charge < -0.3 is 9.72 Å². The van der Waals surface area contributed by atoms with E-state index in [2.05, 4.69) is 16.5 Å². The van der Waals surface area contributed by atoms with Crippen molar-refractivity contribution in [3.05, 3.63) is 46.8 Å². The van der Waals surface area contributed by atoms with Crippen LogP contribution in [0, 0.1) is 10.1 Å². The molecule has 0 spiro atoms. The molecule has 110 valence electrons. The summed E-state index contributed by atoms with van der Waals surface area (Å²) < 4.78 is 4.87. The van der Waals surface area contributed by atoms with Gasteiger partial charge in [0.05, 0.1) is 16.0 Å². The number of aromatic nitrogens is 2. The standard InChI is InChI=1S/C14H15N3O4/c1-2-8-21-14(18)5-3-4-13-15-11-7-6-10(17(19)20)9-12(11)16-13/h2,6-7,9H,1,3-5,8H2,(H,15,16). The smallest absolute Gasteiger partial charge is 0.306 e. The number of ether oxygens (including phenoxy) is 1.